The molecule has 0 spiro atoms. The molecule has 0 amide bonds. The highest BCUT2D eigenvalue weighted by molar-refractivity contribution is 9.11. The van der Waals surface area contributed by atoms with Crippen LogP contribution in [-0.2, 0) is 9.53 Å². The van der Waals surface area contributed by atoms with Gasteiger partial charge >= 0.3 is 5.97 Å². The fraction of sp³-hybridized carbons (Fsp3) is 0.444. The fourth-order valence-electron chi connectivity index (χ4n) is 1.14. The summed E-state index contributed by atoms with van der Waals surface area (Å²) in [5.74, 6) is -1.04. The summed E-state index contributed by atoms with van der Waals surface area (Å²) >= 11 is 4.84. The summed E-state index contributed by atoms with van der Waals surface area (Å²) in [5, 5.41) is 18.0. The second kappa shape index (κ2) is 5.60. The molecule has 0 radical (unpaired) electrons. The highest BCUT2D eigenvalue weighted by Crippen LogP contribution is 2.30. The smallest absolute Gasteiger partial charge is 0.329 e. The molecule has 0 bridgehead atoms. The largest absolute Gasteiger partial charge is 0.480 e. The Kier molecular flexibility index (Phi) is 4.72. The van der Waals surface area contributed by atoms with Gasteiger partial charge in [-0.1, -0.05) is 0 Å². The maximum atomic E-state index is 10.2. The lowest BCUT2D eigenvalue weighted by molar-refractivity contribution is -0.143. The van der Waals surface area contributed by atoms with Crippen LogP contribution in [0.4, 0.5) is 0 Å². The first kappa shape index (κ1) is 12.6. The minimum Gasteiger partial charge on any atom is -0.480 e. The molecule has 6 heteroatoms. The van der Waals surface area contributed by atoms with Gasteiger partial charge in [0.2, 0.25) is 0 Å². The molecule has 1 atom stereocenters. The van der Waals surface area contributed by atoms with Crippen LogP contribution in [0.15, 0.2) is 9.85 Å². The Morgan fingerprint density at radius 1 is 1.73 bits per heavy atom. The highest BCUT2D eigenvalue weighted by Gasteiger charge is 2.14. The molecule has 1 rings (SSSR count). The van der Waals surface area contributed by atoms with Gasteiger partial charge in [-0.2, -0.15) is 0 Å². The number of rotatable bonds is 5. The summed E-state index contributed by atoms with van der Waals surface area (Å²) in [4.78, 5) is 11.2. The molecule has 0 aromatic carbocycles. The lowest BCUT2D eigenvalue weighted by Crippen LogP contribution is -2.13. The van der Waals surface area contributed by atoms with E-state index < -0.39 is 12.1 Å². The molecule has 4 nitrogen and oxygen atoms in total. The van der Waals surface area contributed by atoms with E-state index in [2.05, 4.69) is 15.9 Å². The predicted molar refractivity (Wildman–Crippen MR) is 60.2 cm³/mol. The molecule has 0 aliphatic carbocycles. The Morgan fingerprint density at radius 3 is 2.87 bits per heavy atom. The van der Waals surface area contributed by atoms with Gasteiger partial charge in [-0.25, -0.2) is 4.79 Å². The first-order chi connectivity index (χ1) is 7.00. The number of carbonyl (C=O) groups is 1. The minimum absolute atomic E-state index is 0.00366. The number of hydrogen-bond acceptors (Lipinski definition) is 4. The number of carboxylic acid groups (broad SMARTS) is 1. The molecule has 0 fully saturated rings. The standard InChI is InChI=1S/C9H11BrO4S/c1-5-6(2-8(10)15-5)7(11)3-14-4-9(12)13/h2,7,11H,3-4H2,1H3,(H,12,13). The summed E-state index contributed by atoms with van der Waals surface area (Å²) in [6, 6.07) is 1.81. The zero-order chi connectivity index (χ0) is 11.4. The summed E-state index contributed by atoms with van der Waals surface area (Å²) in [6.45, 7) is 1.50. The quantitative estimate of drug-likeness (QED) is 0.871. The van der Waals surface area contributed by atoms with Crippen LogP contribution in [0.5, 0.6) is 0 Å². The van der Waals surface area contributed by atoms with Gasteiger partial charge in [0, 0.05) is 4.88 Å². The fourth-order valence-corrected chi connectivity index (χ4v) is 2.90. The maximum Gasteiger partial charge on any atom is 0.329 e. The van der Waals surface area contributed by atoms with Crippen LogP contribution in [0.2, 0.25) is 0 Å². The van der Waals surface area contributed by atoms with E-state index in [1.54, 1.807) is 0 Å². The number of ether oxygens (including phenoxy) is 1. The zero-order valence-electron chi connectivity index (χ0n) is 8.07. The van der Waals surface area contributed by atoms with Crippen molar-refractivity contribution in [3.05, 3.63) is 20.3 Å². The Labute approximate surface area is 99.6 Å². The molecule has 84 valence electrons. The van der Waals surface area contributed by atoms with Crippen LogP contribution in [0.25, 0.3) is 0 Å². The van der Waals surface area contributed by atoms with Gasteiger partial charge in [0.15, 0.2) is 0 Å². The molecule has 2 N–H and O–H groups in total. The van der Waals surface area contributed by atoms with E-state index in [1.165, 1.54) is 11.3 Å². The van der Waals surface area contributed by atoms with Crippen LogP contribution in [-0.4, -0.2) is 29.4 Å². The Morgan fingerprint density at radius 2 is 2.40 bits per heavy atom. The SMILES string of the molecule is Cc1sc(Br)cc1C(O)COCC(=O)O. The van der Waals surface area contributed by atoms with E-state index in [-0.39, 0.29) is 13.2 Å². The number of thiophene rings is 1. The Balaban J connectivity index is 2.50. The van der Waals surface area contributed by atoms with Gasteiger partial charge in [-0.15, -0.1) is 11.3 Å². The van der Waals surface area contributed by atoms with Crippen molar-refractivity contribution in [3.63, 3.8) is 0 Å². The van der Waals surface area contributed by atoms with Crippen molar-refractivity contribution in [2.24, 2.45) is 0 Å². The van der Waals surface area contributed by atoms with Crippen molar-refractivity contribution in [1.29, 1.82) is 0 Å². The van der Waals surface area contributed by atoms with E-state index in [1.807, 2.05) is 13.0 Å². The van der Waals surface area contributed by atoms with Crippen LogP contribution >= 0.6 is 27.3 Å². The van der Waals surface area contributed by atoms with Crippen molar-refractivity contribution in [2.75, 3.05) is 13.2 Å². The van der Waals surface area contributed by atoms with E-state index in [0.29, 0.717) is 0 Å². The number of aliphatic carboxylic acids is 1. The van der Waals surface area contributed by atoms with Crippen LogP contribution < -0.4 is 0 Å². The van der Waals surface area contributed by atoms with Gasteiger partial charge in [-0.3, -0.25) is 0 Å². The van der Waals surface area contributed by atoms with Crippen LogP contribution in [0, 0.1) is 6.92 Å². The van der Waals surface area contributed by atoms with Crippen LogP contribution in [0.3, 0.4) is 0 Å². The normalized spacial score (nSPS) is 12.7. The number of aliphatic hydroxyl groups excluding tert-OH is 1. The zero-order valence-corrected chi connectivity index (χ0v) is 10.5. The van der Waals surface area contributed by atoms with Crippen molar-refractivity contribution in [1.82, 2.24) is 0 Å². The Hall–Kier alpha value is -0.430. The third-order valence-corrected chi connectivity index (χ3v) is 3.36. The highest BCUT2D eigenvalue weighted by atomic mass is 79.9. The molecular weight excluding hydrogens is 284 g/mol. The molecule has 1 aromatic rings. The van der Waals surface area contributed by atoms with Gasteiger partial charge < -0.3 is 14.9 Å². The average Bonchev–Trinajstić information content (AvgIpc) is 2.44. The summed E-state index contributed by atoms with van der Waals surface area (Å²) < 4.78 is 5.75. The second-order valence-electron chi connectivity index (χ2n) is 2.99. The van der Waals surface area contributed by atoms with E-state index in [9.17, 15) is 9.90 Å². The molecule has 0 saturated carbocycles. The molecule has 0 saturated heterocycles. The first-order valence-corrected chi connectivity index (χ1v) is 5.85. The number of halogens is 1. The summed E-state index contributed by atoms with van der Waals surface area (Å²) in [5.41, 5.74) is 0.775. The molecular formula is C9H11BrO4S. The molecule has 0 aliphatic rings. The molecule has 1 unspecified atom stereocenters. The lowest BCUT2D eigenvalue weighted by Gasteiger charge is -2.09. The van der Waals surface area contributed by atoms with Crippen molar-refractivity contribution in [3.8, 4) is 0 Å². The van der Waals surface area contributed by atoms with E-state index >= 15 is 0 Å². The summed E-state index contributed by atoms with van der Waals surface area (Å²) in [6.07, 6.45) is -0.771. The molecule has 0 aliphatic heterocycles. The summed E-state index contributed by atoms with van der Waals surface area (Å²) in [7, 11) is 0. The van der Waals surface area contributed by atoms with Crippen LogP contribution in [0.1, 0.15) is 16.5 Å². The lowest BCUT2D eigenvalue weighted by atomic mass is 10.1. The molecule has 1 aromatic heterocycles. The third kappa shape index (κ3) is 3.90. The molecule has 1 heterocycles. The third-order valence-electron chi connectivity index (χ3n) is 1.79. The number of carboxylic acids is 1. The number of aryl methyl sites for hydroxylation is 1. The second-order valence-corrected chi connectivity index (χ2v) is 5.62. The van der Waals surface area contributed by atoms with E-state index in [4.69, 9.17) is 9.84 Å². The molecule has 15 heavy (non-hydrogen) atoms. The topological polar surface area (TPSA) is 66.8 Å². The average molecular weight is 295 g/mol. The van der Waals surface area contributed by atoms with Gasteiger partial charge in [0.25, 0.3) is 0 Å². The van der Waals surface area contributed by atoms with Crippen molar-refractivity contribution in [2.45, 2.75) is 13.0 Å². The predicted octanol–water partition coefficient (Wildman–Crippen LogP) is 1.95. The van der Waals surface area contributed by atoms with Crippen molar-refractivity contribution >= 4 is 33.2 Å². The monoisotopic (exact) mass is 294 g/mol. The van der Waals surface area contributed by atoms with Gasteiger partial charge in [-0.05, 0) is 34.5 Å². The van der Waals surface area contributed by atoms with Gasteiger partial charge in [0.1, 0.15) is 12.7 Å². The number of hydrogen-bond donors (Lipinski definition) is 2. The number of aliphatic hydroxyl groups is 1. The maximum absolute atomic E-state index is 10.2. The van der Waals surface area contributed by atoms with E-state index in [0.717, 1.165) is 14.2 Å². The van der Waals surface area contributed by atoms with Gasteiger partial charge in [0.05, 0.1) is 10.4 Å². The minimum atomic E-state index is -1.04. The van der Waals surface area contributed by atoms with Crippen molar-refractivity contribution < 1.29 is 19.7 Å². The Bertz CT molecular complexity index is 350. The first-order valence-electron chi connectivity index (χ1n) is 4.24.